The van der Waals surface area contributed by atoms with Crippen molar-refractivity contribution < 1.29 is 9.53 Å². The fourth-order valence-electron chi connectivity index (χ4n) is 3.00. The number of H-pyrrole nitrogens is 1. The largest absolute Gasteiger partial charge is 0.465 e. The van der Waals surface area contributed by atoms with Gasteiger partial charge in [0.25, 0.3) is 0 Å². The standard InChI is InChI=1S/C16H21N3O2/c1-3-21-15(20)10-19-8-4-5-14(19)16-17-12-7-6-11(2)9-13(12)18-16/h6-7,9,14H,3-5,8,10H2,1-2H3,(H,17,18)/t14-/m1/s1. The van der Waals surface area contributed by atoms with E-state index in [1.807, 2.05) is 13.0 Å². The molecule has 1 saturated heterocycles. The molecule has 1 fully saturated rings. The van der Waals surface area contributed by atoms with E-state index in [2.05, 4.69) is 28.9 Å². The van der Waals surface area contributed by atoms with E-state index < -0.39 is 0 Å². The van der Waals surface area contributed by atoms with E-state index in [4.69, 9.17) is 9.72 Å². The molecule has 3 rings (SSSR count). The second-order valence-electron chi connectivity index (χ2n) is 5.58. The van der Waals surface area contributed by atoms with Gasteiger partial charge in [0.05, 0.1) is 30.2 Å². The van der Waals surface area contributed by atoms with E-state index in [-0.39, 0.29) is 12.0 Å². The molecule has 2 aromatic rings. The van der Waals surface area contributed by atoms with Gasteiger partial charge in [-0.3, -0.25) is 9.69 Å². The van der Waals surface area contributed by atoms with Crippen molar-refractivity contribution in [2.45, 2.75) is 32.7 Å². The smallest absolute Gasteiger partial charge is 0.320 e. The van der Waals surface area contributed by atoms with E-state index in [0.29, 0.717) is 13.2 Å². The quantitative estimate of drug-likeness (QED) is 0.878. The summed E-state index contributed by atoms with van der Waals surface area (Å²) in [6.07, 6.45) is 2.11. The highest BCUT2D eigenvalue weighted by Gasteiger charge is 2.30. The fourth-order valence-corrected chi connectivity index (χ4v) is 3.00. The molecular weight excluding hydrogens is 266 g/mol. The summed E-state index contributed by atoms with van der Waals surface area (Å²) in [5.41, 5.74) is 3.26. The lowest BCUT2D eigenvalue weighted by Crippen LogP contribution is -2.31. The number of benzene rings is 1. The van der Waals surface area contributed by atoms with Gasteiger partial charge in [-0.2, -0.15) is 0 Å². The molecule has 1 aromatic heterocycles. The Morgan fingerprint density at radius 1 is 1.52 bits per heavy atom. The van der Waals surface area contributed by atoms with Gasteiger partial charge in [-0.25, -0.2) is 4.98 Å². The minimum Gasteiger partial charge on any atom is -0.465 e. The van der Waals surface area contributed by atoms with Crippen molar-refractivity contribution in [3.63, 3.8) is 0 Å². The van der Waals surface area contributed by atoms with Gasteiger partial charge in [-0.15, -0.1) is 0 Å². The van der Waals surface area contributed by atoms with Crippen molar-refractivity contribution >= 4 is 17.0 Å². The predicted molar refractivity (Wildman–Crippen MR) is 81.0 cm³/mol. The number of carbonyl (C=O) groups is 1. The summed E-state index contributed by atoms with van der Waals surface area (Å²) < 4.78 is 5.05. The number of carbonyl (C=O) groups excluding carboxylic acids is 1. The number of fused-ring (bicyclic) bond motifs is 1. The maximum absolute atomic E-state index is 11.7. The maximum atomic E-state index is 11.7. The zero-order valence-corrected chi connectivity index (χ0v) is 12.6. The third-order valence-electron chi connectivity index (χ3n) is 3.97. The van der Waals surface area contributed by atoms with Crippen LogP contribution in [0.15, 0.2) is 18.2 Å². The molecule has 2 heterocycles. The molecule has 0 spiro atoms. The number of nitrogens with zero attached hydrogens (tertiary/aromatic N) is 2. The molecule has 112 valence electrons. The number of aryl methyl sites for hydroxylation is 1. The first kappa shape index (κ1) is 14.1. The zero-order valence-electron chi connectivity index (χ0n) is 12.6. The minimum atomic E-state index is -0.156. The third kappa shape index (κ3) is 2.93. The Hall–Kier alpha value is -1.88. The van der Waals surface area contributed by atoms with Crippen LogP contribution >= 0.6 is 0 Å². The molecular formula is C16H21N3O2. The molecule has 0 unspecified atom stereocenters. The molecule has 0 radical (unpaired) electrons. The van der Waals surface area contributed by atoms with Gasteiger partial charge in [0.1, 0.15) is 5.82 Å². The average Bonchev–Trinajstić information content (AvgIpc) is 3.04. The van der Waals surface area contributed by atoms with Crippen LogP contribution < -0.4 is 0 Å². The number of aromatic nitrogens is 2. The lowest BCUT2D eigenvalue weighted by Gasteiger charge is -2.21. The first-order chi connectivity index (χ1) is 10.2. The summed E-state index contributed by atoms with van der Waals surface area (Å²) >= 11 is 0. The van der Waals surface area contributed by atoms with Gasteiger partial charge in [-0.1, -0.05) is 6.07 Å². The predicted octanol–water partition coefficient (Wildman–Crippen LogP) is 2.57. The highest BCUT2D eigenvalue weighted by atomic mass is 16.5. The Morgan fingerprint density at radius 2 is 2.38 bits per heavy atom. The molecule has 5 heteroatoms. The summed E-state index contributed by atoms with van der Waals surface area (Å²) in [7, 11) is 0. The molecule has 21 heavy (non-hydrogen) atoms. The molecule has 0 aliphatic carbocycles. The highest BCUT2D eigenvalue weighted by Crippen LogP contribution is 2.31. The van der Waals surface area contributed by atoms with E-state index in [1.165, 1.54) is 5.56 Å². The van der Waals surface area contributed by atoms with Crippen LogP contribution in [0.1, 0.15) is 37.2 Å². The Bertz CT molecular complexity index is 650. The zero-order chi connectivity index (χ0) is 14.8. The van der Waals surface area contributed by atoms with Crippen LogP contribution in [0.3, 0.4) is 0 Å². The number of rotatable bonds is 4. The SMILES string of the molecule is CCOC(=O)CN1CCC[C@@H]1c1nc2ccc(C)cc2[nH]1. The van der Waals surface area contributed by atoms with Gasteiger partial charge < -0.3 is 9.72 Å². The highest BCUT2D eigenvalue weighted by molar-refractivity contribution is 5.76. The summed E-state index contributed by atoms with van der Waals surface area (Å²) in [6, 6.07) is 6.39. The minimum absolute atomic E-state index is 0.156. The number of esters is 1. The first-order valence-electron chi connectivity index (χ1n) is 7.53. The molecule has 5 nitrogen and oxygen atoms in total. The van der Waals surface area contributed by atoms with Crippen LogP contribution in [0.4, 0.5) is 0 Å². The summed E-state index contributed by atoms with van der Waals surface area (Å²) in [5, 5.41) is 0. The second-order valence-corrected chi connectivity index (χ2v) is 5.58. The monoisotopic (exact) mass is 287 g/mol. The lowest BCUT2D eigenvalue weighted by molar-refractivity contribution is -0.144. The van der Waals surface area contributed by atoms with Crippen molar-refractivity contribution in [3.8, 4) is 0 Å². The van der Waals surface area contributed by atoms with E-state index in [9.17, 15) is 4.79 Å². The summed E-state index contributed by atoms with van der Waals surface area (Å²) in [4.78, 5) is 22.0. The van der Waals surface area contributed by atoms with Gasteiger partial charge in [0, 0.05) is 0 Å². The Balaban J connectivity index is 1.81. The number of imidazole rings is 1. The van der Waals surface area contributed by atoms with Crippen LogP contribution in [0.5, 0.6) is 0 Å². The van der Waals surface area contributed by atoms with E-state index in [1.54, 1.807) is 0 Å². The van der Waals surface area contributed by atoms with Gasteiger partial charge in [0.2, 0.25) is 0 Å². The lowest BCUT2D eigenvalue weighted by atomic mass is 10.2. The van der Waals surface area contributed by atoms with Crippen LogP contribution in [0, 0.1) is 6.92 Å². The van der Waals surface area contributed by atoms with Crippen molar-refractivity contribution in [2.75, 3.05) is 19.7 Å². The van der Waals surface area contributed by atoms with Gasteiger partial charge in [0.15, 0.2) is 0 Å². The molecule has 1 N–H and O–H groups in total. The number of likely N-dealkylation sites (tertiary alicyclic amines) is 1. The third-order valence-corrected chi connectivity index (χ3v) is 3.97. The van der Waals surface area contributed by atoms with Crippen molar-refractivity contribution in [1.82, 2.24) is 14.9 Å². The van der Waals surface area contributed by atoms with Crippen LogP contribution in [0.2, 0.25) is 0 Å². The average molecular weight is 287 g/mol. The van der Waals surface area contributed by atoms with Crippen LogP contribution in [-0.4, -0.2) is 40.5 Å². The van der Waals surface area contributed by atoms with Gasteiger partial charge >= 0.3 is 5.97 Å². The van der Waals surface area contributed by atoms with Crippen LogP contribution in [0.25, 0.3) is 11.0 Å². The number of ether oxygens (including phenoxy) is 1. The fraction of sp³-hybridized carbons (Fsp3) is 0.500. The first-order valence-corrected chi connectivity index (χ1v) is 7.53. The van der Waals surface area contributed by atoms with Crippen molar-refractivity contribution in [2.24, 2.45) is 0 Å². The summed E-state index contributed by atoms with van der Waals surface area (Å²) in [5.74, 6) is 0.800. The van der Waals surface area contributed by atoms with E-state index >= 15 is 0 Å². The van der Waals surface area contributed by atoms with E-state index in [0.717, 1.165) is 36.2 Å². The molecule has 1 aliphatic rings. The van der Waals surface area contributed by atoms with Gasteiger partial charge in [-0.05, 0) is 50.9 Å². The molecule has 0 saturated carbocycles. The number of hydrogen-bond donors (Lipinski definition) is 1. The van der Waals surface area contributed by atoms with Crippen LogP contribution in [-0.2, 0) is 9.53 Å². The van der Waals surface area contributed by atoms with Crippen molar-refractivity contribution in [3.05, 3.63) is 29.6 Å². The number of aromatic amines is 1. The Kier molecular flexibility index (Phi) is 3.92. The number of hydrogen-bond acceptors (Lipinski definition) is 4. The normalized spacial score (nSPS) is 19.2. The second kappa shape index (κ2) is 5.85. The molecule has 1 aliphatic heterocycles. The Labute approximate surface area is 124 Å². The molecule has 0 amide bonds. The Morgan fingerprint density at radius 3 is 3.19 bits per heavy atom. The molecule has 1 aromatic carbocycles. The molecule has 0 bridgehead atoms. The maximum Gasteiger partial charge on any atom is 0.320 e. The molecule has 1 atom stereocenters. The topological polar surface area (TPSA) is 58.2 Å². The number of nitrogens with one attached hydrogen (secondary N) is 1. The summed E-state index contributed by atoms with van der Waals surface area (Å²) in [6.45, 7) is 5.60. The van der Waals surface area contributed by atoms with Crippen molar-refractivity contribution in [1.29, 1.82) is 0 Å².